The maximum Gasteiger partial charge on any atom is 0.318 e. The van der Waals surface area contributed by atoms with Crippen LogP contribution in [0.5, 0.6) is 6.01 Å². The lowest BCUT2D eigenvalue weighted by Crippen LogP contribution is -2.17. The lowest BCUT2D eigenvalue weighted by atomic mass is 10.3. The Bertz CT molecular complexity index is 666. The van der Waals surface area contributed by atoms with E-state index < -0.39 is 0 Å². The van der Waals surface area contributed by atoms with Gasteiger partial charge < -0.3 is 30.8 Å². The highest BCUT2D eigenvalue weighted by molar-refractivity contribution is 6.28. The summed E-state index contributed by atoms with van der Waals surface area (Å²) >= 11 is 5.34. The third-order valence-corrected chi connectivity index (χ3v) is 3.55. The number of rotatable bonds is 2. The van der Waals surface area contributed by atoms with Gasteiger partial charge in [-0.25, -0.2) is 15.0 Å². The summed E-state index contributed by atoms with van der Waals surface area (Å²) in [6, 6.07) is 3.53. The van der Waals surface area contributed by atoms with Gasteiger partial charge in [-0.2, -0.15) is 4.98 Å². The molecule has 0 aliphatic carbocycles. The van der Waals surface area contributed by atoms with Crippen molar-refractivity contribution in [3.8, 4) is 6.01 Å². The number of aliphatic hydroxyl groups excluding tert-OH is 1. The SMILES string of the molecule is Nc1ccnc(Cl)n1.Nc1ccnc(O[C@@H]2CCOC2)n1.O[C@@H]1CCOC1. The van der Waals surface area contributed by atoms with Crippen LogP contribution in [0.25, 0.3) is 0 Å². The minimum atomic E-state index is -0.176. The average Bonchev–Trinajstić information content (AvgIpc) is 3.30. The van der Waals surface area contributed by atoms with Gasteiger partial charge in [0, 0.05) is 25.4 Å². The normalized spacial score (nSPS) is 20.8. The summed E-state index contributed by atoms with van der Waals surface area (Å²) in [7, 11) is 0. The van der Waals surface area contributed by atoms with Gasteiger partial charge in [0.15, 0.2) is 0 Å². The zero-order valence-electron chi connectivity index (χ0n) is 14.7. The molecule has 0 spiro atoms. The maximum absolute atomic E-state index is 8.60. The van der Waals surface area contributed by atoms with Gasteiger partial charge in [-0.3, -0.25) is 0 Å². The van der Waals surface area contributed by atoms with Crippen LogP contribution in [0, 0.1) is 0 Å². The molecule has 2 saturated heterocycles. The van der Waals surface area contributed by atoms with Crippen LogP contribution < -0.4 is 16.2 Å². The molecule has 0 aromatic carbocycles. The molecule has 0 amide bonds. The fourth-order valence-corrected chi connectivity index (χ4v) is 2.19. The van der Waals surface area contributed by atoms with E-state index in [1.54, 1.807) is 18.3 Å². The van der Waals surface area contributed by atoms with E-state index in [0.29, 0.717) is 30.9 Å². The number of nitrogen functional groups attached to an aromatic ring is 2. The Labute approximate surface area is 161 Å². The number of aromatic nitrogens is 4. The van der Waals surface area contributed by atoms with Crippen molar-refractivity contribution >= 4 is 23.2 Å². The van der Waals surface area contributed by atoms with E-state index in [1.807, 2.05) is 0 Å². The third-order valence-electron chi connectivity index (χ3n) is 3.37. The van der Waals surface area contributed by atoms with Crippen molar-refractivity contribution in [2.24, 2.45) is 0 Å². The largest absolute Gasteiger partial charge is 0.458 e. The first-order valence-electron chi connectivity index (χ1n) is 8.35. The molecule has 10 nitrogen and oxygen atoms in total. The molecule has 5 N–H and O–H groups in total. The number of nitrogens with two attached hydrogens (primary N) is 2. The molecule has 0 unspecified atom stereocenters. The van der Waals surface area contributed by atoms with E-state index in [1.165, 1.54) is 6.20 Å². The van der Waals surface area contributed by atoms with Gasteiger partial charge in [0.1, 0.15) is 17.7 Å². The molecule has 0 radical (unpaired) electrons. The highest BCUT2D eigenvalue weighted by Crippen LogP contribution is 2.12. The second-order valence-electron chi connectivity index (χ2n) is 5.64. The number of halogens is 1. The zero-order valence-corrected chi connectivity index (χ0v) is 15.5. The predicted molar refractivity (Wildman–Crippen MR) is 99.2 cm³/mol. The van der Waals surface area contributed by atoms with Crippen LogP contribution in [-0.4, -0.2) is 63.7 Å². The molecule has 2 aliphatic rings. The minimum Gasteiger partial charge on any atom is -0.458 e. The standard InChI is InChI=1S/C8H11N3O2.C4H4ClN3.C4H8O2/c9-7-1-3-10-8(11-7)13-6-2-4-12-5-6;5-4-7-2-1-3(6)8-4;5-4-1-2-6-3-4/h1,3,6H,2,4-5H2,(H2,9,10,11);1-2H,(H2,6,7,8);4-5H,1-3H2/t6-;;4-/m1.1/s1. The number of ether oxygens (including phenoxy) is 3. The highest BCUT2D eigenvalue weighted by atomic mass is 35.5. The number of anilines is 2. The second kappa shape index (κ2) is 11.4. The van der Waals surface area contributed by atoms with Crippen molar-refractivity contribution in [1.82, 2.24) is 19.9 Å². The summed E-state index contributed by atoms with van der Waals surface area (Å²) < 4.78 is 15.4. The molecule has 2 aromatic rings. The first-order valence-corrected chi connectivity index (χ1v) is 8.73. The van der Waals surface area contributed by atoms with Gasteiger partial charge in [-0.1, -0.05) is 0 Å². The van der Waals surface area contributed by atoms with Crippen LogP contribution in [0.2, 0.25) is 5.28 Å². The number of hydrogen-bond acceptors (Lipinski definition) is 10. The highest BCUT2D eigenvalue weighted by Gasteiger charge is 2.18. The topological polar surface area (TPSA) is 152 Å². The summed E-state index contributed by atoms with van der Waals surface area (Å²) in [5.41, 5.74) is 10.7. The first kappa shape index (κ1) is 21.0. The van der Waals surface area contributed by atoms with Gasteiger partial charge in [0.2, 0.25) is 5.28 Å². The molecule has 0 bridgehead atoms. The van der Waals surface area contributed by atoms with E-state index >= 15 is 0 Å². The molecule has 4 heterocycles. The molecular weight excluding hydrogens is 376 g/mol. The fourth-order valence-electron chi connectivity index (χ4n) is 2.04. The van der Waals surface area contributed by atoms with Gasteiger partial charge in [0.05, 0.1) is 25.9 Å². The Morgan fingerprint density at radius 2 is 1.67 bits per heavy atom. The van der Waals surface area contributed by atoms with Crippen molar-refractivity contribution in [2.45, 2.75) is 25.0 Å². The van der Waals surface area contributed by atoms with Gasteiger partial charge in [-0.05, 0) is 30.2 Å². The Morgan fingerprint density at radius 3 is 2.11 bits per heavy atom. The number of nitrogens with zero attached hydrogens (tertiary/aromatic N) is 4. The zero-order chi connectivity index (χ0) is 19.5. The van der Waals surface area contributed by atoms with E-state index in [0.717, 1.165) is 26.1 Å². The summed E-state index contributed by atoms with van der Waals surface area (Å²) in [5.74, 6) is 0.814. The van der Waals surface area contributed by atoms with Gasteiger partial charge >= 0.3 is 6.01 Å². The summed E-state index contributed by atoms with van der Waals surface area (Å²) in [4.78, 5) is 15.1. The second-order valence-corrected chi connectivity index (χ2v) is 5.97. The van der Waals surface area contributed by atoms with E-state index in [2.05, 4.69) is 19.9 Å². The maximum atomic E-state index is 8.60. The van der Waals surface area contributed by atoms with Crippen LogP contribution in [0.1, 0.15) is 12.8 Å². The van der Waals surface area contributed by atoms with Crippen molar-refractivity contribution in [3.63, 3.8) is 0 Å². The molecule has 11 heteroatoms. The van der Waals surface area contributed by atoms with Crippen molar-refractivity contribution in [2.75, 3.05) is 37.9 Å². The summed E-state index contributed by atoms with van der Waals surface area (Å²) in [6.45, 7) is 2.63. The van der Waals surface area contributed by atoms with Crippen LogP contribution in [0.4, 0.5) is 11.6 Å². The summed E-state index contributed by atoms with van der Waals surface area (Å²) in [6.07, 6.45) is 4.68. The van der Waals surface area contributed by atoms with Crippen LogP contribution >= 0.6 is 11.6 Å². The molecule has 2 aliphatic heterocycles. The fraction of sp³-hybridized carbons (Fsp3) is 0.500. The molecular formula is C16H23ClN6O4. The molecule has 2 aromatic heterocycles. The van der Waals surface area contributed by atoms with E-state index in [9.17, 15) is 0 Å². The summed E-state index contributed by atoms with van der Waals surface area (Å²) in [5, 5.41) is 8.79. The Hall–Kier alpha value is -2.27. The van der Waals surface area contributed by atoms with E-state index in [-0.39, 0.29) is 17.5 Å². The Kier molecular flexibility index (Phi) is 8.92. The average molecular weight is 399 g/mol. The minimum absolute atomic E-state index is 0.0711. The smallest absolute Gasteiger partial charge is 0.318 e. The van der Waals surface area contributed by atoms with Crippen LogP contribution in [0.3, 0.4) is 0 Å². The van der Waals surface area contributed by atoms with E-state index in [4.69, 9.17) is 42.4 Å². The Balaban J connectivity index is 0.000000159. The lowest BCUT2D eigenvalue weighted by molar-refractivity contribution is 0.127. The Morgan fingerprint density at radius 1 is 1.00 bits per heavy atom. The van der Waals surface area contributed by atoms with Crippen molar-refractivity contribution < 1.29 is 19.3 Å². The predicted octanol–water partition coefficient (Wildman–Crippen LogP) is 0.706. The van der Waals surface area contributed by atoms with Crippen molar-refractivity contribution in [3.05, 3.63) is 29.8 Å². The first-order chi connectivity index (χ1) is 13.0. The molecule has 27 heavy (non-hydrogen) atoms. The molecule has 2 atom stereocenters. The van der Waals surface area contributed by atoms with Crippen molar-refractivity contribution in [1.29, 1.82) is 0 Å². The monoisotopic (exact) mass is 398 g/mol. The molecule has 0 saturated carbocycles. The van der Waals surface area contributed by atoms with Crippen LogP contribution in [0.15, 0.2) is 24.5 Å². The lowest BCUT2D eigenvalue weighted by Gasteiger charge is -2.08. The van der Waals surface area contributed by atoms with Gasteiger partial charge in [-0.15, -0.1) is 0 Å². The molecule has 148 valence electrons. The molecule has 2 fully saturated rings. The van der Waals surface area contributed by atoms with Crippen LogP contribution in [-0.2, 0) is 9.47 Å². The third kappa shape index (κ3) is 8.78. The quantitative estimate of drug-likeness (QED) is 0.616. The number of aliphatic hydroxyl groups is 1. The number of hydrogen-bond donors (Lipinski definition) is 3. The van der Waals surface area contributed by atoms with Gasteiger partial charge in [0.25, 0.3) is 0 Å². The molecule has 4 rings (SSSR count).